The summed E-state index contributed by atoms with van der Waals surface area (Å²) in [6.07, 6.45) is 0.420. The van der Waals surface area contributed by atoms with Crippen LogP contribution in [-0.4, -0.2) is 29.1 Å². The largest absolute Gasteiger partial charge is 0.497 e. The Hall–Kier alpha value is -2.53. The molecule has 1 saturated heterocycles. The third-order valence-electron chi connectivity index (χ3n) is 5.07. The number of nitrogens with zero attached hydrogens (tertiary/aromatic N) is 3. The molecule has 6 heteroatoms. The van der Waals surface area contributed by atoms with Crippen LogP contribution in [0.1, 0.15) is 38.1 Å². The summed E-state index contributed by atoms with van der Waals surface area (Å²) in [5, 5.41) is 0.544. The molecule has 0 aliphatic carbocycles. The Morgan fingerprint density at radius 1 is 1.22 bits per heavy atom. The lowest BCUT2D eigenvalue weighted by Crippen LogP contribution is -2.25. The average Bonchev–Trinajstić information content (AvgIpc) is 3.22. The molecular formula is C21H22ClN3O2. The van der Waals surface area contributed by atoms with Crippen LogP contribution in [-0.2, 0) is 4.79 Å². The third kappa shape index (κ3) is 3.06. The van der Waals surface area contributed by atoms with Crippen LogP contribution < -0.4 is 9.64 Å². The van der Waals surface area contributed by atoms with Gasteiger partial charge in [0.1, 0.15) is 11.6 Å². The van der Waals surface area contributed by atoms with Gasteiger partial charge in [-0.15, -0.1) is 0 Å². The van der Waals surface area contributed by atoms with E-state index >= 15 is 0 Å². The van der Waals surface area contributed by atoms with Crippen LogP contribution in [0.25, 0.3) is 11.0 Å². The van der Waals surface area contributed by atoms with Crippen LogP contribution in [0.3, 0.4) is 0 Å². The van der Waals surface area contributed by atoms with Crippen molar-refractivity contribution >= 4 is 34.2 Å². The van der Waals surface area contributed by atoms with Gasteiger partial charge in [0.15, 0.2) is 0 Å². The molecule has 1 aliphatic heterocycles. The monoisotopic (exact) mass is 383 g/mol. The highest BCUT2D eigenvalue weighted by molar-refractivity contribution is 6.34. The first-order chi connectivity index (χ1) is 13.0. The van der Waals surface area contributed by atoms with Crippen LogP contribution in [0.2, 0.25) is 5.02 Å². The minimum Gasteiger partial charge on any atom is -0.497 e. The SMILES string of the molecule is COc1ccc(Cl)c(N2CC(c3nc4ccccc4n3C(C)C)CC2=O)c1. The van der Waals surface area contributed by atoms with Crippen molar-refractivity contribution in [3.05, 3.63) is 53.3 Å². The highest BCUT2D eigenvalue weighted by Gasteiger charge is 2.36. The minimum absolute atomic E-state index is 0.0227. The topological polar surface area (TPSA) is 47.4 Å². The summed E-state index contributed by atoms with van der Waals surface area (Å²) in [4.78, 5) is 19.4. The second-order valence-electron chi connectivity index (χ2n) is 7.15. The highest BCUT2D eigenvalue weighted by Crippen LogP contribution is 2.38. The summed E-state index contributed by atoms with van der Waals surface area (Å²) in [6, 6.07) is 13.7. The zero-order valence-corrected chi connectivity index (χ0v) is 16.4. The number of methoxy groups -OCH3 is 1. The number of imidazole rings is 1. The lowest BCUT2D eigenvalue weighted by atomic mass is 10.1. The molecular weight excluding hydrogens is 362 g/mol. The van der Waals surface area contributed by atoms with E-state index < -0.39 is 0 Å². The maximum atomic E-state index is 12.8. The second kappa shape index (κ2) is 6.89. The van der Waals surface area contributed by atoms with E-state index in [1.165, 1.54) is 0 Å². The molecule has 0 bridgehead atoms. The molecule has 1 atom stereocenters. The van der Waals surface area contributed by atoms with Crippen LogP contribution in [0.15, 0.2) is 42.5 Å². The number of carbonyl (C=O) groups excluding carboxylic acids is 1. The molecule has 2 aromatic carbocycles. The zero-order chi connectivity index (χ0) is 19.1. The maximum absolute atomic E-state index is 12.8. The summed E-state index contributed by atoms with van der Waals surface area (Å²) < 4.78 is 7.53. The van der Waals surface area contributed by atoms with E-state index in [0.29, 0.717) is 29.4 Å². The molecule has 0 radical (unpaired) electrons. The number of ether oxygens (including phenoxy) is 1. The normalized spacial score (nSPS) is 17.3. The number of aromatic nitrogens is 2. The highest BCUT2D eigenvalue weighted by atomic mass is 35.5. The third-order valence-corrected chi connectivity index (χ3v) is 5.39. The molecule has 2 heterocycles. The Morgan fingerprint density at radius 3 is 2.74 bits per heavy atom. The number of benzene rings is 2. The van der Waals surface area contributed by atoms with E-state index in [2.05, 4.69) is 24.5 Å². The molecule has 5 nitrogen and oxygen atoms in total. The van der Waals surface area contributed by atoms with Crippen molar-refractivity contribution in [2.75, 3.05) is 18.6 Å². The van der Waals surface area contributed by atoms with Crippen LogP contribution in [0, 0.1) is 0 Å². The van der Waals surface area contributed by atoms with Gasteiger partial charge in [0.25, 0.3) is 0 Å². The Kier molecular flexibility index (Phi) is 4.56. The molecule has 27 heavy (non-hydrogen) atoms. The first-order valence-electron chi connectivity index (χ1n) is 9.10. The van der Waals surface area contributed by atoms with Crippen molar-refractivity contribution in [3.63, 3.8) is 0 Å². The number of rotatable bonds is 4. The van der Waals surface area contributed by atoms with Gasteiger partial charge in [-0.3, -0.25) is 4.79 Å². The first-order valence-corrected chi connectivity index (χ1v) is 9.48. The van der Waals surface area contributed by atoms with E-state index in [1.807, 2.05) is 24.3 Å². The summed E-state index contributed by atoms with van der Waals surface area (Å²) in [7, 11) is 1.60. The molecule has 140 valence electrons. The van der Waals surface area contributed by atoms with Crippen LogP contribution >= 0.6 is 11.6 Å². The lowest BCUT2D eigenvalue weighted by molar-refractivity contribution is -0.117. The van der Waals surface area contributed by atoms with E-state index in [-0.39, 0.29) is 17.9 Å². The molecule has 1 amide bonds. The van der Waals surface area contributed by atoms with Gasteiger partial charge >= 0.3 is 0 Å². The smallest absolute Gasteiger partial charge is 0.227 e. The summed E-state index contributed by atoms with van der Waals surface area (Å²) in [5.74, 6) is 1.72. The van der Waals surface area contributed by atoms with Crippen molar-refractivity contribution in [1.29, 1.82) is 0 Å². The predicted molar refractivity (Wildman–Crippen MR) is 108 cm³/mol. The molecule has 0 N–H and O–H groups in total. The lowest BCUT2D eigenvalue weighted by Gasteiger charge is -2.20. The Labute approximate surface area is 163 Å². The van der Waals surface area contributed by atoms with Crippen LogP contribution in [0.4, 0.5) is 5.69 Å². The van der Waals surface area contributed by atoms with Crippen molar-refractivity contribution in [3.8, 4) is 5.75 Å². The Morgan fingerprint density at radius 2 is 2.00 bits per heavy atom. The van der Waals surface area contributed by atoms with Gasteiger partial charge in [-0.2, -0.15) is 0 Å². The number of para-hydroxylation sites is 2. The number of halogens is 1. The molecule has 0 saturated carbocycles. The van der Waals surface area contributed by atoms with Gasteiger partial charge in [0, 0.05) is 31.0 Å². The van der Waals surface area contributed by atoms with Gasteiger partial charge in [-0.1, -0.05) is 23.7 Å². The molecule has 1 fully saturated rings. The van der Waals surface area contributed by atoms with E-state index in [1.54, 1.807) is 24.1 Å². The number of hydrogen-bond acceptors (Lipinski definition) is 3. The van der Waals surface area contributed by atoms with Crippen molar-refractivity contribution in [2.24, 2.45) is 0 Å². The maximum Gasteiger partial charge on any atom is 0.227 e. The standard InChI is InChI=1S/C21H22ClN3O2/c1-13(2)25-18-7-5-4-6-17(18)23-21(25)14-10-20(26)24(12-14)19-11-15(27-3)8-9-16(19)22/h4-9,11,13-14H,10,12H2,1-3H3. The molecule has 1 unspecified atom stereocenters. The molecule has 0 spiro atoms. The number of amides is 1. The summed E-state index contributed by atoms with van der Waals surface area (Å²) >= 11 is 6.37. The van der Waals surface area contributed by atoms with Gasteiger partial charge in [-0.25, -0.2) is 4.98 Å². The summed E-state index contributed by atoms with van der Waals surface area (Å²) in [5.41, 5.74) is 2.76. The number of carbonyl (C=O) groups is 1. The zero-order valence-electron chi connectivity index (χ0n) is 15.6. The Bertz CT molecular complexity index is 1010. The average molecular weight is 384 g/mol. The quantitative estimate of drug-likeness (QED) is 0.650. The molecule has 4 rings (SSSR count). The molecule has 1 aromatic heterocycles. The molecule has 1 aliphatic rings. The van der Waals surface area contributed by atoms with Gasteiger partial charge < -0.3 is 14.2 Å². The first kappa shape index (κ1) is 17.9. The van der Waals surface area contributed by atoms with Crippen molar-refractivity contribution in [2.45, 2.75) is 32.2 Å². The van der Waals surface area contributed by atoms with E-state index in [9.17, 15) is 4.79 Å². The molecule has 3 aromatic rings. The number of anilines is 1. The van der Waals surface area contributed by atoms with E-state index in [0.717, 1.165) is 16.9 Å². The van der Waals surface area contributed by atoms with Crippen molar-refractivity contribution in [1.82, 2.24) is 9.55 Å². The van der Waals surface area contributed by atoms with E-state index in [4.69, 9.17) is 21.3 Å². The van der Waals surface area contributed by atoms with Crippen molar-refractivity contribution < 1.29 is 9.53 Å². The fourth-order valence-electron chi connectivity index (χ4n) is 3.83. The number of hydrogen-bond donors (Lipinski definition) is 0. The Balaban J connectivity index is 1.73. The minimum atomic E-state index is 0.0227. The fraction of sp³-hybridized carbons (Fsp3) is 0.333. The van der Waals surface area contributed by atoms with Gasteiger partial charge in [-0.05, 0) is 38.1 Å². The van der Waals surface area contributed by atoms with Crippen LogP contribution in [0.5, 0.6) is 5.75 Å². The van der Waals surface area contributed by atoms with Gasteiger partial charge in [0.05, 0.1) is 28.9 Å². The summed E-state index contributed by atoms with van der Waals surface area (Å²) in [6.45, 7) is 4.85. The number of fused-ring (bicyclic) bond motifs is 1. The van der Waals surface area contributed by atoms with Gasteiger partial charge in [0.2, 0.25) is 5.91 Å². The second-order valence-corrected chi connectivity index (χ2v) is 7.55. The fourth-order valence-corrected chi connectivity index (χ4v) is 4.05. The predicted octanol–water partition coefficient (Wildman–Crippen LogP) is 4.80.